The van der Waals surface area contributed by atoms with E-state index < -0.39 is 61.8 Å². The Kier molecular flexibility index (Phi) is 6.51. The van der Waals surface area contributed by atoms with Crippen LogP contribution in [0.15, 0.2) is 61.4 Å². The van der Waals surface area contributed by atoms with Gasteiger partial charge >= 0.3 is 33.2 Å². The van der Waals surface area contributed by atoms with Gasteiger partial charge in [-0.05, 0) is 42.2 Å². The number of hydrogen-bond donors (Lipinski definition) is 1. The third-order valence-electron chi connectivity index (χ3n) is 6.81. The highest BCUT2D eigenvalue weighted by atomic mass is 32.2. The van der Waals surface area contributed by atoms with E-state index in [1.807, 2.05) is 0 Å². The van der Waals surface area contributed by atoms with Gasteiger partial charge < -0.3 is 4.42 Å². The van der Waals surface area contributed by atoms with Crippen LogP contribution in [0.2, 0.25) is 0 Å². The van der Waals surface area contributed by atoms with Crippen molar-refractivity contribution in [2.24, 2.45) is 7.05 Å². The van der Waals surface area contributed by atoms with E-state index in [0.29, 0.717) is 15.3 Å². The highest BCUT2D eigenvalue weighted by molar-refractivity contribution is 7.90. The second-order valence-electron chi connectivity index (χ2n) is 9.26. The number of nitrogens with zero attached hydrogens (tertiary/aromatic N) is 3. The number of hydrogen-bond acceptors (Lipinski definition) is 7. The summed E-state index contributed by atoms with van der Waals surface area (Å²) in [5.74, 6) is -2.84. The summed E-state index contributed by atoms with van der Waals surface area (Å²) in [6.45, 7) is 0. The number of nitrogens with one attached hydrogen (secondary N) is 1. The number of benzene rings is 2. The van der Waals surface area contributed by atoms with Gasteiger partial charge in [0.1, 0.15) is 5.56 Å². The number of halogens is 6. The maximum absolute atomic E-state index is 13.7. The lowest BCUT2D eigenvalue weighted by Gasteiger charge is -2.19. The Bertz CT molecular complexity index is 2070. The highest BCUT2D eigenvalue weighted by Gasteiger charge is 2.47. The lowest BCUT2D eigenvalue weighted by molar-refractivity contribution is -0.138. The average Bonchev–Trinajstić information content (AvgIpc) is 3.42. The van der Waals surface area contributed by atoms with Gasteiger partial charge in [-0.1, -0.05) is 12.1 Å². The molecule has 0 saturated heterocycles. The largest absolute Gasteiger partial charge is 0.516 e. The molecule has 2 heterocycles. The zero-order chi connectivity index (χ0) is 30.9. The molecule has 42 heavy (non-hydrogen) atoms. The molecule has 4 aromatic rings. The third-order valence-corrected chi connectivity index (χ3v) is 7.87. The fourth-order valence-electron chi connectivity index (χ4n) is 4.86. The molecule has 0 fully saturated rings. The Morgan fingerprint density at radius 1 is 1.05 bits per heavy atom. The molecule has 0 unspecified atom stereocenters. The summed E-state index contributed by atoms with van der Waals surface area (Å²) in [4.78, 5) is 51.7. The van der Waals surface area contributed by atoms with E-state index in [9.17, 15) is 53.9 Å². The maximum atomic E-state index is 13.7. The number of aromatic nitrogens is 3. The van der Waals surface area contributed by atoms with Crippen molar-refractivity contribution < 1.29 is 44.0 Å². The smallest absolute Gasteiger partial charge is 0.408 e. The number of fused-ring (bicyclic) bond motifs is 2. The molecule has 222 valence electrons. The molecule has 1 amide bonds. The SMILES string of the molecule is Cn1c(=O)oc2cc(-n3cc(C(=O)NS(=O)(=O)C(F)(F)F)c(=O)n([C@@H]4CCc5c4cccc5C(F)(F)F)c3=O)ccc21. The Hall–Kier alpha value is -4.61. The van der Waals surface area contributed by atoms with Gasteiger partial charge in [-0.25, -0.2) is 14.3 Å². The van der Waals surface area contributed by atoms with Crippen LogP contribution in [0.4, 0.5) is 26.3 Å². The van der Waals surface area contributed by atoms with Crippen molar-refractivity contribution in [2.75, 3.05) is 0 Å². The number of rotatable bonds is 4. The molecule has 5 rings (SSSR count). The topological polar surface area (TPSA) is 142 Å². The summed E-state index contributed by atoms with van der Waals surface area (Å²) in [6.07, 6.45) is -4.78. The lowest BCUT2D eigenvalue weighted by Crippen LogP contribution is -2.47. The van der Waals surface area contributed by atoms with E-state index in [1.54, 1.807) is 0 Å². The Morgan fingerprint density at radius 3 is 2.38 bits per heavy atom. The second kappa shape index (κ2) is 9.47. The molecule has 1 aliphatic rings. The first kappa shape index (κ1) is 28.9. The average molecular weight is 618 g/mol. The summed E-state index contributed by atoms with van der Waals surface area (Å²) >= 11 is 0. The Morgan fingerprint density at radius 2 is 1.74 bits per heavy atom. The van der Waals surface area contributed by atoms with E-state index in [1.165, 1.54) is 25.2 Å². The van der Waals surface area contributed by atoms with E-state index in [-0.39, 0.29) is 40.8 Å². The molecule has 1 N–H and O–H groups in total. The quantitative estimate of drug-likeness (QED) is 0.347. The second-order valence-corrected chi connectivity index (χ2v) is 10.9. The van der Waals surface area contributed by atoms with Crippen molar-refractivity contribution in [1.82, 2.24) is 18.4 Å². The minimum Gasteiger partial charge on any atom is -0.408 e. The van der Waals surface area contributed by atoms with E-state index >= 15 is 0 Å². The van der Waals surface area contributed by atoms with Gasteiger partial charge in [-0.3, -0.25) is 23.3 Å². The zero-order valence-electron chi connectivity index (χ0n) is 20.9. The van der Waals surface area contributed by atoms with Crippen LogP contribution in [0, 0.1) is 0 Å². The van der Waals surface area contributed by atoms with Gasteiger partial charge in [0.2, 0.25) is 0 Å². The molecule has 2 aromatic carbocycles. The molecule has 0 radical (unpaired) electrons. The van der Waals surface area contributed by atoms with Crippen LogP contribution in [-0.2, 0) is 29.7 Å². The number of sulfonamides is 1. The Balaban J connectivity index is 1.77. The van der Waals surface area contributed by atoms with Crippen LogP contribution < -0.4 is 21.7 Å². The molecular weight excluding hydrogens is 602 g/mol. The maximum Gasteiger partial charge on any atom is 0.516 e. The molecule has 0 bridgehead atoms. The van der Waals surface area contributed by atoms with Gasteiger partial charge in [0, 0.05) is 19.3 Å². The first-order valence-corrected chi connectivity index (χ1v) is 13.2. The van der Waals surface area contributed by atoms with Crippen molar-refractivity contribution in [3.63, 3.8) is 0 Å². The van der Waals surface area contributed by atoms with E-state index in [0.717, 1.165) is 27.5 Å². The molecular formula is C24H16F6N4O7S. The molecule has 0 aliphatic heterocycles. The van der Waals surface area contributed by atoms with Crippen LogP contribution in [0.1, 0.15) is 39.5 Å². The number of amides is 1. The molecule has 11 nitrogen and oxygen atoms in total. The van der Waals surface area contributed by atoms with Gasteiger partial charge in [0.15, 0.2) is 5.58 Å². The van der Waals surface area contributed by atoms with Crippen molar-refractivity contribution >= 4 is 27.0 Å². The zero-order valence-corrected chi connectivity index (χ0v) is 21.7. The molecule has 1 atom stereocenters. The van der Waals surface area contributed by atoms with Crippen LogP contribution in [-0.4, -0.2) is 33.5 Å². The Labute approximate surface area is 229 Å². The van der Waals surface area contributed by atoms with Gasteiger partial charge in [-0.2, -0.15) is 34.8 Å². The van der Waals surface area contributed by atoms with Gasteiger partial charge in [-0.15, -0.1) is 0 Å². The fraction of sp³-hybridized carbons (Fsp3) is 0.250. The monoisotopic (exact) mass is 618 g/mol. The summed E-state index contributed by atoms with van der Waals surface area (Å²) < 4.78 is 111. The van der Waals surface area contributed by atoms with Crippen molar-refractivity contribution in [1.29, 1.82) is 0 Å². The number of carbonyl (C=O) groups excluding carboxylic acids is 1. The fourth-order valence-corrected chi connectivity index (χ4v) is 5.33. The summed E-state index contributed by atoms with van der Waals surface area (Å²) in [7, 11) is -4.92. The predicted octanol–water partition coefficient (Wildman–Crippen LogP) is 2.58. The van der Waals surface area contributed by atoms with Crippen LogP contribution >= 0.6 is 0 Å². The number of carbonyl (C=O) groups is 1. The van der Waals surface area contributed by atoms with Crippen molar-refractivity contribution in [3.05, 3.63) is 96.2 Å². The molecule has 1 aliphatic carbocycles. The minimum absolute atomic E-state index is 0.0728. The minimum atomic E-state index is -6.30. The van der Waals surface area contributed by atoms with Gasteiger partial charge in [0.25, 0.3) is 11.5 Å². The van der Waals surface area contributed by atoms with Crippen molar-refractivity contribution in [3.8, 4) is 5.69 Å². The predicted molar refractivity (Wildman–Crippen MR) is 132 cm³/mol. The first-order valence-electron chi connectivity index (χ1n) is 11.7. The number of aryl methyl sites for hydroxylation is 1. The normalized spacial score (nSPS) is 15.6. The summed E-state index contributed by atoms with van der Waals surface area (Å²) in [5.41, 5.74) is -11.3. The highest BCUT2D eigenvalue weighted by Crippen LogP contribution is 2.41. The van der Waals surface area contributed by atoms with Crippen molar-refractivity contribution in [2.45, 2.75) is 30.6 Å². The molecule has 0 saturated carbocycles. The standard InChI is InChI=1S/C24H16F6N4O7S/c1-32-17-7-5-11(9-18(17)41-22(32)38)33-10-14(19(35)31-42(39,40)24(28,29)30)20(36)34(21(33)37)16-8-6-12-13(16)3-2-4-15(12)23(25,26)27/h2-5,7,9-10,16H,6,8H2,1H3,(H,31,35)/t16-/m1/s1. The molecule has 18 heteroatoms. The number of alkyl halides is 6. The van der Waals surface area contributed by atoms with Crippen LogP contribution in [0.3, 0.4) is 0 Å². The van der Waals surface area contributed by atoms with Crippen LogP contribution in [0.5, 0.6) is 0 Å². The molecule has 2 aromatic heterocycles. The lowest BCUT2D eigenvalue weighted by atomic mass is 10.0. The summed E-state index contributed by atoms with van der Waals surface area (Å²) in [6, 6.07) is 5.34. The number of oxazole rings is 1. The van der Waals surface area contributed by atoms with E-state index in [2.05, 4.69) is 0 Å². The van der Waals surface area contributed by atoms with Gasteiger partial charge in [0.05, 0.1) is 22.8 Å². The van der Waals surface area contributed by atoms with Crippen LogP contribution in [0.25, 0.3) is 16.8 Å². The first-order chi connectivity index (χ1) is 19.4. The third kappa shape index (κ3) is 4.60. The summed E-state index contributed by atoms with van der Waals surface area (Å²) in [5, 5.41) is 0. The molecule has 0 spiro atoms. The van der Waals surface area contributed by atoms with E-state index in [4.69, 9.17) is 4.42 Å².